The van der Waals surface area contributed by atoms with Crippen molar-refractivity contribution in [1.29, 1.82) is 0 Å². The largest absolute Gasteiger partial charge is 0.497 e. The van der Waals surface area contributed by atoms with Crippen molar-refractivity contribution in [2.75, 3.05) is 14.2 Å². The molecule has 1 saturated heterocycles. The molecule has 2 atom stereocenters. The first-order valence-corrected chi connectivity index (χ1v) is 8.94. The lowest BCUT2D eigenvalue weighted by Gasteiger charge is -2.20. The van der Waals surface area contributed by atoms with Gasteiger partial charge in [0.25, 0.3) is 0 Å². The molecule has 26 heavy (non-hydrogen) atoms. The molecule has 0 saturated carbocycles. The van der Waals surface area contributed by atoms with Crippen molar-refractivity contribution in [3.8, 4) is 5.75 Å². The molecule has 2 unspecified atom stereocenters. The standard InChI is InChI=1S/C20H26N4O2/c1-4-14-8-9-16(21-12-14)13-24(2)20(25)19-11-18(22-23-19)15-6-5-7-17(10-15)26-3/h5-10,12,18-19,22-23H,4,11,13H2,1-3H3. The van der Waals surface area contributed by atoms with Crippen LogP contribution in [0.3, 0.4) is 0 Å². The number of likely N-dealkylation sites (N-methyl/N-ethyl adjacent to an activating group) is 1. The molecule has 1 aromatic carbocycles. The van der Waals surface area contributed by atoms with Crippen LogP contribution in [-0.4, -0.2) is 36.0 Å². The third kappa shape index (κ3) is 4.20. The van der Waals surface area contributed by atoms with Crippen molar-refractivity contribution >= 4 is 5.91 Å². The Morgan fingerprint density at radius 3 is 2.85 bits per heavy atom. The lowest BCUT2D eigenvalue weighted by Crippen LogP contribution is -2.43. The lowest BCUT2D eigenvalue weighted by molar-refractivity contribution is -0.132. The second-order valence-corrected chi connectivity index (χ2v) is 6.61. The average molecular weight is 354 g/mol. The molecule has 6 heteroatoms. The normalized spacial score (nSPS) is 19.3. The van der Waals surface area contributed by atoms with E-state index in [1.165, 1.54) is 5.56 Å². The van der Waals surface area contributed by atoms with E-state index in [1.807, 2.05) is 43.6 Å². The molecule has 0 radical (unpaired) electrons. The topological polar surface area (TPSA) is 66.5 Å². The average Bonchev–Trinajstić information content (AvgIpc) is 3.18. The number of ether oxygens (including phenoxy) is 1. The zero-order chi connectivity index (χ0) is 18.5. The smallest absolute Gasteiger partial charge is 0.241 e. The number of benzene rings is 1. The lowest BCUT2D eigenvalue weighted by atomic mass is 10.0. The van der Waals surface area contributed by atoms with Gasteiger partial charge in [0.15, 0.2) is 0 Å². The molecule has 2 heterocycles. The summed E-state index contributed by atoms with van der Waals surface area (Å²) in [5, 5.41) is 0. The van der Waals surface area contributed by atoms with Gasteiger partial charge in [0.05, 0.1) is 19.3 Å². The SMILES string of the molecule is CCc1ccc(CN(C)C(=O)C2CC(c3cccc(OC)c3)NN2)nc1. The third-order valence-corrected chi connectivity index (χ3v) is 4.77. The van der Waals surface area contributed by atoms with E-state index in [0.717, 1.165) is 23.4 Å². The number of pyridine rings is 1. The highest BCUT2D eigenvalue weighted by Crippen LogP contribution is 2.26. The molecule has 1 fully saturated rings. The number of hydrogen-bond acceptors (Lipinski definition) is 5. The number of nitrogens with zero attached hydrogens (tertiary/aromatic N) is 2. The molecular formula is C20H26N4O2. The highest BCUT2D eigenvalue weighted by Gasteiger charge is 2.32. The zero-order valence-corrected chi connectivity index (χ0v) is 15.5. The Balaban J connectivity index is 1.59. The fourth-order valence-electron chi connectivity index (χ4n) is 3.14. The number of hydrogen-bond donors (Lipinski definition) is 2. The third-order valence-electron chi connectivity index (χ3n) is 4.77. The minimum absolute atomic E-state index is 0.0595. The Bertz CT molecular complexity index is 748. The minimum atomic E-state index is -0.258. The van der Waals surface area contributed by atoms with Gasteiger partial charge >= 0.3 is 0 Å². The summed E-state index contributed by atoms with van der Waals surface area (Å²) >= 11 is 0. The van der Waals surface area contributed by atoms with Gasteiger partial charge in [-0.05, 0) is 42.2 Å². The van der Waals surface area contributed by atoms with Crippen LogP contribution in [0.25, 0.3) is 0 Å². The minimum Gasteiger partial charge on any atom is -0.497 e. The fourth-order valence-corrected chi connectivity index (χ4v) is 3.14. The number of aromatic nitrogens is 1. The Morgan fingerprint density at radius 2 is 2.15 bits per heavy atom. The van der Waals surface area contributed by atoms with E-state index in [1.54, 1.807) is 12.0 Å². The van der Waals surface area contributed by atoms with Gasteiger partial charge in [-0.3, -0.25) is 9.78 Å². The molecule has 2 N–H and O–H groups in total. The highest BCUT2D eigenvalue weighted by atomic mass is 16.5. The maximum atomic E-state index is 12.7. The summed E-state index contributed by atoms with van der Waals surface area (Å²) in [4.78, 5) is 18.9. The first-order valence-electron chi connectivity index (χ1n) is 8.94. The van der Waals surface area contributed by atoms with Gasteiger partial charge < -0.3 is 9.64 Å². The maximum Gasteiger partial charge on any atom is 0.241 e. The summed E-state index contributed by atoms with van der Waals surface area (Å²) < 4.78 is 5.28. The van der Waals surface area contributed by atoms with Crippen LogP contribution in [0, 0.1) is 0 Å². The van der Waals surface area contributed by atoms with E-state index >= 15 is 0 Å². The Kier molecular flexibility index (Phi) is 5.85. The number of hydrazine groups is 1. The van der Waals surface area contributed by atoms with Crippen LogP contribution in [0.1, 0.15) is 36.2 Å². The number of rotatable bonds is 6. The van der Waals surface area contributed by atoms with Crippen LogP contribution in [-0.2, 0) is 17.8 Å². The number of carbonyl (C=O) groups is 1. The second kappa shape index (κ2) is 8.29. The number of carbonyl (C=O) groups excluding carboxylic acids is 1. The molecule has 0 bridgehead atoms. The highest BCUT2D eigenvalue weighted by molar-refractivity contribution is 5.82. The summed E-state index contributed by atoms with van der Waals surface area (Å²) in [7, 11) is 3.47. The maximum absolute atomic E-state index is 12.7. The van der Waals surface area contributed by atoms with Gasteiger partial charge in [0.1, 0.15) is 11.8 Å². The van der Waals surface area contributed by atoms with Crippen molar-refractivity contribution in [1.82, 2.24) is 20.7 Å². The molecule has 1 aliphatic heterocycles. The van der Waals surface area contributed by atoms with Crippen LogP contribution in [0.2, 0.25) is 0 Å². The van der Waals surface area contributed by atoms with E-state index in [9.17, 15) is 4.79 Å². The summed E-state index contributed by atoms with van der Waals surface area (Å²) in [6, 6.07) is 11.8. The van der Waals surface area contributed by atoms with E-state index < -0.39 is 0 Å². The second-order valence-electron chi connectivity index (χ2n) is 6.61. The Morgan fingerprint density at radius 1 is 1.31 bits per heavy atom. The number of nitrogens with one attached hydrogen (secondary N) is 2. The molecule has 0 aliphatic carbocycles. The number of methoxy groups -OCH3 is 1. The summed E-state index contributed by atoms with van der Waals surface area (Å²) in [5.41, 5.74) is 9.54. The van der Waals surface area contributed by atoms with Crippen LogP contribution in [0.4, 0.5) is 0 Å². The molecule has 0 spiro atoms. The molecule has 1 aliphatic rings. The number of aryl methyl sites for hydroxylation is 1. The van der Waals surface area contributed by atoms with Crippen molar-refractivity contribution in [3.63, 3.8) is 0 Å². The van der Waals surface area contributed by atoms with Crippen molar-refractivity contribution < 1.29 is 9.53 Å². The van der Waals surface area contributed by atoms with Crippen LogP contribution in [0.15, 0.2) is 42.6 Å². The van der Waals surface area contributed by atoms with Gasteiger partial charge in [-0.1, -0.05) is 25.1 Å². The van der Waals surface area contributed by atoms with Crippen molar-refractivity contribution in [2.24, 2.45) is 0 Å². The summed E-state index contributed by atoms with van der Waals surface area (Å²) in [6.45, 7) is 2.61. The van der Waals surface area contributed by atoms with E-state index in [-0.39, 0.29) is 18.0 Å². The predicted octanol–water partition coefficient (Wildman–Crippen LogP) is 2.22. The van der Waals surface area contributed by atoms with Crippen LogP contribution < -0.4 is 15.6 Å². The van der Waals surface area contributed by atoms with E-state index in [2.05, 4.69) is 28.8 Å². The van der Waals surface area contributed by atoms with Crippen molar-refractivity contribution in [2.45, 2.75) is 38.4 Å². The first-order chi connectivity index (χ1) is 12.6. The van der Waals surface area contributed by atoms with Gasteiger partial charge in [0, 0.05) is 19.3 Å². The molecule has 6 nitrogen and oxygen atoms in total. The first kappa shape index (κ1) is 18.4. The van der Waals surface area contributed by atoms with Gasteiger partial charge in [-0.25, -0.2) is 10.9 Å². The van der Waals surface area contributed by atoms with Crippen molar-refractivity contribution in [3.05, 3.63) is 59.4 Å². The Hall–Kier alpha value is -2.44. The van der Waals surface area contributed by atoms with Gasteiger partial charge in [-0.2, -0.15) is 0 Å². The summed E-state index contributed by atoms with van der Waals surface area (Å²) in [6.07, 6.45) is 3.53. The molecule has 2 aromatic rings. The fraction of sp³-hybridized carbons (Fsp3) is 0.400. The Labute approximate surface area is 154 Å². The zero-order valence-electron chi connectivity index (χ0n) is 15.5. The molecule has 138 valence electrons. The molecular weight excluding hydrogens is 328 g/mol. The van der Waals surface area contributed by atoms with Crippen LogP contribution in [0.5, 0.6) is 5.75 Å². The predicted molar refractivity (Wildman–Crippen MR) is 101 cm³/mol. The van der Waals surface area contributed by atoms with E-state index in [4.69, 9.17) is 4.74 Å². The molecule has 1 amide bonds. The molecule has 3 rings (SSSR count). The van der Waals surface area contributed by atoms with E-state index in [0.29, 0.717) is 13.0 Å². The van der Waals surface area contributed by atoms with Gasteiger partial charge in [-0.15, -0.1) is 0 Å². The van der Waals surface area contributed by atoms with Crippen LogP contribution >= 0.6 is 0 Å². The number of amides is 1. The summed E-state index contributed by atoms with van der Waals surface area (Å²) in [5.74, 6) is 0.877. The quantitative estimate of drug-likeness (QED) is 0.833. The molecule has 1 aromatic heterocycles. The van der Waals surface area contributed by atoms with Gasteiger partial charge in [0.2, 0.25) is 5.91 Å². The monoisotopic (exact) mass is 354 g/mol.